The fraction of sp³-hybridized carbons (Fsp3) is 0.909. The highest BCUT2D eigenvalue weighted by Crippen LogP contribution is 2.35. The Balaban J connectivity index is 1.96. The van der Waals surface area contributed by atoms with Crippen LogP contribution in [0.25, 0.3) is 0 Å². The second kappa shape index (κ2) is 4.10. The molecular formula is C11H20N2O2. The number of nitrogens with zero attached hydrogens (tertiary/aromatic N) is 1. The summed E-state index contributed by atoms with van der Waals surface area (Å²) in [6.07, 6.45) is 4.49. The van der Waals surface area contributed by atoms with Crippen molar-refractivity contribution in [1.29, 1.82) is 0 Å². The Morgan fingerprint density at radius 1 is 1.47 bits per heavy atom. The summed E-state index contributed by atoms with van der Waals surface area (Å²) in [4.78, 5) is 13.2. The predicted molar refractivity (Wildman–Crippen MR) is 57.5 cm³/mol. The average molecular weight is 212 g/mol. The SMILES string of the molecule is CC(CN1C2CCC1CC(N)C2)C(=O)O. The average Bonchev–Trinajstić information content (AvgIpc) is 2.42. The highest BCUT2D eigenvalue weighted by atomic mass is 16.4. The fourth-order valence-electron chi connectivity index (χ4n) is 3.01. The number of hydrogen-bond acceptors (Lipinski definition) is 3. The molecule has 0 spiro atoms. The normalized spacial score (nSPS) is 37.9. The molecule has 4 nitrogen and oxygen atoms in total. The van der Waals surface area contributed by atoms with Crippen LogP contribution in [-0.4, -0.2) is 40.6 Å². The topological polar surface area (TPSA) is 66.6 Å². The van der Waals surface area contributed by atoms with Crippen LogP contribution < -0.4 is 5.73 Å². The number of piperidine rings is 1. The van der Waals surface area contributed by atoms with Crippen LogP contribution in [0.2, 0.25) is 0 Å². The molecule has 0 radical (unpaired) electrons. The molecule has 0 aromatic heterocycles. The van der Waals surface area contributed by atoms with E-state index in [1.165, 1.54) is 12.8 Å². The van der Waals surface area contributed by atoms with Crippen molar-refractivity contribution in [3.8, 4) is 0 Å². The summed E-state index contributed by atoms with van der Waals surface area (Å²) < 4.78 is 0. The van der Waals surface area contributed by atoms with Crippen LogP contribution in [0.15, 0.2) is 0 Å². The van der Waals surface area contributed by atoms with Gasteiger partial charge in [0, 0.05) is 24.7 Å². The van der Waals surface area contributed by atoms with Crippen LogP contribution in [-0.2, 0) is 4.79 Å². The van der Waals surface area contributed by atoms with Crippen LogP contribution >= 0.6 is 0 Å². The summed E-state index contributed by atoms with van der Waals surface area (Å²) in [5.74, 6) is -0.952. The van der Waals surface area contributed by atoms with Crippen molar-refractivity contribution in [3.63, 3.8) is 0 Å². The van der Waals surface area contributed by atoms with Crippen molar-refractivity contribution in [1.82, 2.24) is 4.90 Å². The van der Waals surface area contributed by atoms with Gasteiger partial charge in [-0.1, -0.05) is 6.92 Å². The van der Waals surface area contributed by atoms with Gasteiger partial charge in [0.15, 0.2) is 0 Å². The molecule has 2 bridgehead atoms. The minimum Gasteiger partial charge on any atom is -0.481 e. The van der Waals surface area contributed by atoms with E-state index in [0.29, 0.717) is 24.7 Å². The summed E-state index contributed by atoms with van der Waals surface area (Å²) in [6.45, 7) is 2.48. The second-order valence-corrected chi connectivity index (χ2v) is 5.05. The fourth-order valence-corrected chi connectivity index (χ4v) is 3.01. The van der Waals surface area contributed by atoms with Crippen LogP contribution in [0.4, 0.5) is 0 Å². The van der Waals surface area contributed by atoms with Crippen LogP contribution in [0.3, 0.4) is 0 Å². The van der Waals surface area contributed by atoms with Crippen LogP contribution in [0.5, 0.6) is 0 Å². The van der Waals surface area contributed by atoms with Crippen molar-refractivity contribution < 1.29 is 9.90 Å². The molecule has 2 aliphatic rings. The van der Waals surface area contributed by atoms with Crippen molar-refractivity contribution in [3.05, 3.63) is 0 Å². The molecule has 4 heteroatoms. The molecule has 2 fully saturated rings. The minimum absolute atomic E-state index is 0.262. The first kappa shape index (κ1) is 10.9. The van der Waals surface area contributed by atoms with E-state index in [1.54, 1.807) is 6.92 Å². The molecule has 2 rings (SSSR count). The Labute approximate surface area is 90.4 Å². The highest BCUT2D eigenvalue weighted by molar-refractivity contribution is 5.69. The number of aliphatic carboxylic acids is 1. The Morgan fingerprint density at radius 2 is 2.00 bits per heavy atom. The minimum atomic E-state index is -0.690. The molecule has 15 heavy (non-hydrogen) atoms. The van der Waals surface area contributed by atoms with Gasteiger partial charge in [0.1, 0.15) is 0 Å². The maximum atomic E-state index is 10.8. The number of rotatable bonds is 3. The zero-order valence-corrected chi connectivity index (χ0v) is 9.22. The van der Waals surface area contributed by atoms with E-state index in [4.69, 9.17) is 10.8 Å². The third-order valence-electron chi connectivity index (χ3n) is 3.83. The van der Waals surface area contributed by atoms with Crippen molar-refractivity contribution in [2.75, 3.05) is 6.54 Å². The summed E-state index contributed by atoms with van der Waals surface area (Å²) in [6, 6.07) is 1.42. The van der Waals surface area contributed by atoms with E-state index < -0.39 is 5.97 Å². The molecule has 86 valence electrons. The first-order valence-corrected chi connectivity index (χ1v) is 5.82. The van der Waals surface area contributed by atoms with E-state index in [1.807, 2.05) is 0 Å². The highest BCUT2D eigenvalue weighted by Gasteiger charge is 2.40. The Morgan fingerprint density at radius 3 is 2.47 bits per heavy atom. The first-order valence-electron chi connectivity index (χ1n) is 5.82. The Kier molecular flexibility index (Phi) is 2.98. The van der Waals surface area contributed by atoms with Gasteiger partial charge in [-0.25, -0.2) is 0 Å². The van der Waals surface area contributed by atoms with Gasteiger partial charge < -0.3 is 10.8 Å². The van der Waals surface area contributed by atoms with Gasteiger partial charge in [0.25, 0.3) is 0 Å². The molecule has 0 saturated carbocycles. The number of fused-ring (bicyclic) bond motifs is 2. The number of carboxylic acids is 1. The second-order valence-electron chi connectivity index (χ2n) is 5.05. The molecule has 0 aliphatic carbocycles. The Bertz CT molecular complexity index is 243. The molecular weight excluding hydrogens is 192 g/mol. The van der Waals surface area contributed by atoms with Gasteiger partial charge in [-0.2, -0.15) is 0 Å². The maximum Gasteiger partial charge on any atom is 0.307 e. The monoisotopic (exact) mass is 212 g/mol. The van der Waals surface area contributed by atoms with Gasteiger partial charge in [-0.3, -0.25) is 9.69 Å². The van der Waals surface area contributed by atoms with Gasteiger partial charge in [-0.15, -0.1) is 0 Å². The Hall–Kier alpha value is -0.610. The lowest BCUT2D eigenvalue weighted by molar-refractivity contribution is -0.142. The van der Waals surface area contributed by atoms with E-state index >= 15 is 0 Å². The lowest BCUT2D eigenvalue weighted by Crippen LogP contribution is -2.49. The van der Waals surface area contributed by atoms with Crippen LogP contribution in [0.1, 0.15) is 32.6 Å². The lowest BCUT2D eigenvalue weighted by Gasteiger charge is -2.38. The number of hydrogen-bond donors (Lipinski definition) is 2. The molecule has 3 unspecified atom stereocenters. The van der Waals surface area contributed by atoms with Gasteiger partial charge in [0.2, 0.25) is 0 Å². The largest absolute Gasteiger partial charge is 0.481 e. The summed E-state index contributed by atoms with van der Waals surface area (Å²) in [5, 5.41) is 8.91. The molecule has 0 amide bonds. The summed E-state index contributed by atoms with van der Waals surface area (Å²) in [5.41, 5.74) is 5.97. The molecule has 2 saturated heterocycles. The molecule has 0 aromatic rings. The lowest BCUT2D eigenvalue weighted by atomic mass is 9.97. The van der Waals surface area contributed by atoms with Gasteiger partial charge in [0.05, 0.1) is 5.92 Å². The molecule has 3 N–H and O–H groups in total. The zero-order valence-electron chi connectivity index (χ0n) is 9.22. The standard InChI is InChI=1S/C11H20N2O2/c1-7(11(14)15)6-13-9-2-3-10(13)5-8(12)4-9/h7-10H,2-6,12H2,1H3,(H,14,15). The maximum absolute atomic E-state index is 10.8. The molecule has 0 aromatic carbocycles. The van der Waals surface area contributed by atoms with Crippen molar-refractivity contribution >= 4 is 5.97 Å². The van der Waals surface area contributed by atoms with Crippen LogP contribution in [0, 0.1) is 5.92 Å². The van der Waals surface area contributed by atoms with E-state index in [-0.39, 0.29) is 5.92 Å². The van der Waals surface area contributed by atoms with Crippen molar-refractivity contribution in [2.45, 2.75) is 50.7 Å². The third-order valence-corrected chi connectivity index (χ3v) is 3.83. The quantitative estimate of drug-likeness (QED) is 0.721. The van der Waals surface area contributed by atoms with E-state index in [2.05, 4.69) is 4.90 Å². The zero-order chi connectivity index (χ0) is 11.0. The van der Waals surface area contributed by atoms with E-state index in [9.17, 15) is 4.79 Å². The van der Waals surface area contributed by atoms with Crippen molar-refractivity contribution in [2.24, 2.45) is 11.7 Å². The molecule has 3 atom stereocenters. The number of carboxylic acid groups (broad SMARTS) is 1. The summed E-state index contributed by atoms with van der Waals surface area (Å²) in [7, 11) is 0. The predicted octanol–water partition coefficient (Wildman–Crippen LogP) is 0.661. The molecule has 2 aliphatic heterocycles. The first-order chi connectivity index (χ1) is 7.08. The summed E-state index contributed by atoms with van der Waals surface area (Å²) >= 11 is 0. The molecule has 2 heterocycles. The smallest absolute Gasteiger partial charge is 0.307 e. The number of nitrogens with two attached hydrogens (primary N) is 1. The van der Waals surface area contributed by atoms with Gasteiger partial charge >= 0.3 is 5.97 Å². The van der Waals surface area contributed by atoms with Gasteiger partial charge in [-0.05, 0) is 25.7 Å². The third kappa shape index (κ3) is 2.16. The number of carbonyl (C=O) groups is 1. The van der Waals surface area contributed by atoms with E-state index in [0.717, 1.165) is 12.8 Å².